The topological polar surface area (TPSA) is 63.3 Å². The smallest absolute Gasteiger partial charge is 0.362 e. The Kier molecular flexibility index (Phi) is 3.12. The van der Waals surface area contributed by atoms with E-state index in [-0.39, 0.29) is 11.5 Å². The average molecular weight is 285 g/mol. The molecule has 3 aromatic rings. The molecule has 0 unspecified atom stereocenters. The molecule has 1 aromatic carbocycles. The maximum Gasteiger partial charge on any atom is 0.362 e. The molecular formula is C15H11NO3S. The van der Waals surface area contributed by atoms with Gasteiger partial charge in [0.2, 0.25) is 0 Å². The zero-order valence-electron chi connectivity index (χ0n) is 10.7. The van der Waals surface area contributed by atoms with E-state index in [4.69, 9.17) is 4.42 Å². The summed E-state index contributed by atoms with van der Waals surface area (Å²) in [5.41, 5.74) is 1.58. The van der Waals surface area contributed by atoms with Gasteiger partial charge in [-0.05, 0) is 36.1 Å². The first-order valence-electron chi connectivity index (χ1n) is 5.99. The Bertz CT molecular complexity index is 847. The van der Waals surface area contributed by atoms with Crippen LogP contribution in [0.2, 0.25) is 0 Å². The maximum absolute atomic E-state index is 11.8. The number of aliphatic hydroxyl groups is 1. The molecule has 0 atom stereocenters. The summed E-state index contributed by atoms with van der Waals surface area (Å²) in [7, 11) is 0. The molecule has 0 bridgehead atoms. The second kappa shape index (κ2) is 4.94. The predicted octanol–water partition coefficient (Wildman–Crippen LogP) is 3.61. The number of hydrogen-bond donors (Lipinski definition) is 1. The fourth-order valence-electron chi connectivity index (χ4n) is 1.84. The van der Waals surface area contributed by atoms with Crippen LogP contribution in [-0.4, -0.2) is 10.1 Å². The van der Waals surface area contributed by atoms with Gasteiger partial charge in [0, 0.05) is 6.08 Å². The summed E-state index contributed by atoms with van der Waals surface area (Å²) in [6, 6.07) is 8.99. The predicted molar refractivity (Wildman–Crippen MR) is 79.8 cm³/mol. The summed E-state index contributed by atoms with van der Waals surface area (Å²) < 4.78 is 5.20. The van der Waals surface area contributed by atoms with E-state index < -0.39 is 5.63 Å². The molecule has 0 spiro atoms. The largest absolute Gasteiger partial charge is 0.506 e. The van der Waals surface area contributed by atoms with Crippen LogP contribution < -0.4 is 5.63 Å². The van der Waals surface area contributed by atoms with E-state index in [1.165, 1.54) is 17.4 Å². The number of benzene rings is 1. The molecule has 20 heavy (non-hydrogen) atoms. The summed E-state index contributed by atoms with van der Waals surface area (Å²) in [6.45, 7) is 1.94. The van der Waals surface area contributed by atoms with Crippen molar-refractivity contribution < 1.29 is 9.52 Å². The number of fused-ring (bicyclic) bond motifs is 1. The van der Waals surface area contributed by atoms with Gasteiger partial charge in [0.25, 0.3) is 0 Å². The van der Waals surface area contributed by atoms with Crippen molar-refractivity contribution in [2.24, 2.45) is 0 Å². The lowest BCUT2D eigenvalue weighted by atomic mass is 10.2. The first kappa shape index (κ1) is 12.6. The highest BCUT2D eigenvalue weighted by atomic mass is 32.1. The lowest BCUT2D eigenvalue weighted by molar-refractivity contribution is 0.516. The van der Waals surface area contributed by atoms with Crippen LogP contribution in [0.25, 0.3) is 22.9 Å². The first-order valence-corrected chi connectivity index (χ1v) is 6.87. The van der Waals surface area contributed by atoms with E-state index in [2.05, 4.69) is 4.98 Å². The number of aryl methyl sites for hydroxylation is 1. The number of aromatic nitrogens is 1. The van der Waals surface area contributed by atoms with Gasteiger partial charge in [0.1, 0.15) is 11.3 Å². The van der Waals surface area contributed by atoms with Gasteiger partial charge in [0.15, 0.2) is 11.3 Å². The fraction of sp³-hybridized carbons (Fsp3) is 0.0667. The van der Waals surface area contributed by atoms with E-state index in [1.54, 1.807) is 12.1 Å². The van der Waals surface area contributed by atoms with Crippen molar-refractivity contribution in [3.05, 3.63) is 62.3 Å². The number of thiophene rings is 1. The molecular weight excluding hydrogens is 274 g/mol. The molecule has 4 nitrogen and oxygen atoms in total. The molecule has 2 aromatic heterocycles. The van der Waals surface area contributed by atoms with Gasteiger partial charge in [-0.1, -0.05) is 12.1 Å². The third kappa shape index (κ3) is 2.35. The summed E-state index contributed by atoms with van der Waals surface area (Å²) in [5, 5.41) is 11.8. The van der Waals surface area contributed by atoms with Gasteiger partial charge < -0.3 is 9.52 Å². The minimum atomic E-state index is -0.565. The van der Waals surface area contributed by atoms with E-state index in [0.717, 1.165) is 5.56 Å². The first-order chi connectivity index (χ1) is 9.63. The van der Waals surface area contributed by atoms with Gasteiger partial charge in [-0.15, -0.1) is 11.3 Å². The summed E-state index contributed by atoms with van der Waals surface area (Å²) in [4.78, 5) is 16.8. The Labute approximate surface area is 118 Å². The fourth-order valence-corrected chi connectivity index (χ4v) is 2.49. The number of nitrogens with zero attached hydrogens (tertiary/aromatic N) is 1. The van der Waals surface area contributed by atoms with Crippen molar-refractivity contribution in [2.75, 3.05) is 0 Å². The Morgan fingerprint density at radius 3 is 3.00 bits per heavy atom. The van der Waals surface area contributed by atoms with E-state index in [9.17, 15) is 9.90 Å². The second-order valence-electron chi connectivity index (χ2n) is 4.36. The van der Waals surface area contributed by atoms with Crippen LogP contribution in [0.4, 0.5) is 0 Å². The van der Waals surface area contributed by atoms with Gasteiger partial charge in [-0.25, -0.2) is 9.78 Å². The highest BCUT2D eigenvalue weighted by molar-refractivity contribution is 7.11. The molecule has 0 aliphatic heterocycles. The van der Waals surface area contributed by atoms with E-state index >= 15 is 0 Å². The van der Waals surface area contributed by atoms with E-state index in [1.807, 2.05) is 30.5 Å². The molecule has 0 radical (unpaired) electrons. The SMILES string of the molecule is Cc1ccc2oc(=O)c(/C=C(\O)c3cccs3)nc2c1. The zero-order chi connectivity index (χ0) is 14.1. The van der Waals surface area contributed by atoms with Crippen LogP contribution in [0.15, 0.2) is 44.9 Å². The minimum Gasteiger partial charge on any atom is -0.506 e. The molecule has 0 saturated carbocycles. The Morgan fingerprint density at radius 1 is 1.40 bits per heavy atom. The Hall–Kier alpha value is -2.40. The molecule has 5 heteroatoms. The summed E-state index contributed by atoms with van der Waals surface area (Å²) >= 11 is 1.38. The highest BCUT2D eigenvalue weighted by Gasteiger charge is 2.08. The van der Waals surface area contributed by atoms with Crippen molar-refractivity contribution >= 4 is 34.3 Å². The van der Waals surface area contributed by atoms with Gasteiger partial charge in [0.05, 0.1) is 4.88 Å². The van der Waals surface area contributed by atoms with Crippen molar-refractivity contribution in [1.82, 2.24) is 4.98 Å². The third-order valence-electron chi connectivity index (χ3n) is 2.81. The lowest BCUT2D eigenvalue weighted by Crippen LogP contribution is -2.06. The van der Waals surface area contributed by atoms with Crippen LogP contribution in [0.3, 0.4) is 0 Å². The highest BCUT2D eigenvalue weighted by Crippen LogP contribution is 2.20. The Morgan fingerprint density at radius 2 is 2.25 bits per heavy atom. The van der Waals surface area contributed by atoms with Crippen molar-refractivity contribution in [2.45, 2.75) is 6.92 Å². The molecule has 100 valence electrons. The normalized spacial score (nSPS) is 11.9. The quantitative estimate of drug-likeness (QED) is 0.730. The minimum absolute atomic E-state index is 0.00630. The molecule has 3 rings (SSSR count). The van der Waals surface area contributed by atoms with Crippen LogP contribution in [-0.2, 0) is 0 Å². The number of aliphatic hydroxyl groups excluding tert-OH is 1. The summed E-state index contributed by atoms with van der Waals surface area (Å²) in [6.07, 6.45) is 1.33. The zero-order valence-corrected chi connectivity index (χ0v) is 11.5. The average Bonchev–Trinajstić information content (AvgIpc) is 2.94. The van der Waals surface area contributed by atoms with Crippen LogP contribution in [0.1, 0.15) is 16.1 Å². The Balaban J connectivity index is 2.14. The number of hydrogen-bond acceptors (Lipinski definition) is 5. The van der Waals surface area contributed by atoms with Gasteiger partial charge in [-0.3, -0.25) is 0 Å². The third-order valence-corrected chi connectivity index (χ3v) is 3.71. The van der Waals surface area contributed by atoms with Gasteiger partial charge >= 0.3 is 5.63 Å². The van der Waals surface area contributed by atoms with Crippen molar-refractivity contribution in [3.63, 3.8) is 0 Å². The van der Waals surface area contributed by atoms with Crippen LogP contribution >= 0.6 is 11.3 Å². The molecule has 0 aliphatic rings. The molecule has 1 N–H and O–H groups in total. The molecule has 2 heterocycles. The van der Waals surface area contributed by atoms with Crippen molar-refractivity contribution in [1.29, 1.82) is 0 Å². The van der Waals surface area contributed by atoms with E-state index in [0.29, 0.717) is 16.0 Å². The number of rotatable bonds is 2. The van der Waals surface area contributed by atoms with Crippen LogP contribution in [0, 0.1) is 6.92 Å². The lowest BCUT2D eigenvalue weighted by Gasteiger charge is -2.00. The van der Waals surface area contributed by atoms with Crippen LogP contribution in [0.5, 0.6) is 0 Å². The van der Waals surface area contributed by atoms with Crippen molar-refractivity contribution in [3.8, 4) is 0 Å². The monoisotopic (exact) mass is 285 g/mol. The van der Waals surface area contributed by atoms with Gasteiger partial charge in [-0.2, -0.15) is 0 Å². The second-order valence-corrected chi connectivity index (χ2v) is 5.31. The molecule has 0 amide bonds. The maximum atomic E-state index is 11.8. The molecule has 0 saturated heterocycles. The molecule has 0 aliphatic carbocycles. The summed E-state index contributed by atoms with van der Waals surface area (Å²) in [5.74, 6) is 0.00630. The standard InChI is InChI=1S/C15H11NO3S/c1-9-4-5-13-10(7-9)16-11(15(18)19-13)8-12(17)14-3-2-6-20-14/h2-8,17H,1H3/b12-8-. The molecule has 0 fully saturated rings.